The highest BCUT2D eigenvalue weighted by Crippen LogP contribution is 2.39. The van der Waals surface area contributed by atoms with Crippen LogP contribution in [0.4, 0.5) is 15.1 Å². The fraction of sp³-hybridized carbons (Fsp3) is 0.280. The molecule has 4 rings (SSSR count). The molecule has 35 heavy (non-hydrogen) atoms. The summed E-state index contributed by atoms with van der Waals surface area (Å²) in [5, 5.41) is 3.07. The first-order valence-electron chi connectivity index (χ1n) is 11.2. The molecule has 0 saturated heterocycles. The van der Waals surface area contributed by atoms with Crippen molar-refractivity contribution in [2.24, 2.45) is 0 Å². The van der Waals surface area contributed by atoms with Gasteiger partial charge in [-0.05, 0) is 75.1 Å². The van der Waals surface area contributed by atoms with E-state index in [-0.39, 0.29) is 17.2 Å². The number of hydrogen-bond acceptors (Lipinski definition) is 6. The SMILES string of the molecule is CCOC(=O)c1c(NC(=O)CN(c2ccc(F)cc2)S(=O)(=O)c2ccc(C)cc2)sc2c1CCC2. The summed E-state index contributed by atoms with van der Waals surface area (Å²) < 4.78 is 46.6. The number of carbonyl (C=O) groups is 2. The van der Waals surface area contributed by atoms with E-state index in [1.165, 1.54) is 35.6 Å². The van der Waals surface area contributed by atoms with E-state index < -0.39 is 34.3 Å². The molecule has 1 aliphatic rings. The number of nitrogens with zero attached hydrogens (tertiary/aromatic N) is 1. The molecular formula is C25H25FN2O5S2. The molecule has 10 heteroatoms. The van der Waals surface area contributed by atoms with Gasteiger partial charge in [-0.2, -0.15) is 0 Å². The minimum absolute atomic E-state index is 0.00235. The molecule has 1 amide bonds. The van der Waals surface area contributed by atoms with Crippen LogP contribution in [0, 0.1) is 12.7 Å². The maximum Gasteiger partial charge on any atom is 0.341 e. The molecule has 0 fully saturated rings. The van der Waals surface area contributed by atoms with Crippen LogP contribution in [-0.2, 0) is 32.4 Å². The molecule has 0 aliphatic heterocycles. The number of sulfonamides is 1. The summed E-state index contributed by atoms with van der Waals surface area (Å²) in [6.07, 6.45) is 2.46. The minimum atomic E-state index is -4.14. The van der Waals surface area contributed by atoms with Gasteiger partial charge in [0.15, 0.2) is 0 Å². The topological polar surface area (TPSA) is 92.8 Å². The van der Waals surface area contributed by atoms with E-state index in [0.717, 1.165) is 51.7 Å². The Labute approximate surface area is 207 Å². The first-order chi connectivity index (χ1) is 16.7. The van der Waals surface area contributed by atoms with E-state index in [9.17, 15) is 22.4 Å². The lowest BCUT2D eigenvalue weighted by atomic mass is 10.1. The molecule has 1 heterocycles. The Bertz CT molecular complexity index is 1350. The van der Waals surface area contributed by atoms with Crippen LogP contribution in [0.25, 0.3) is 0 Å². The molecule has 3 aromatic rings. The third-order valence-electron chi connectivity index (χ3n) is 5.66. The lowest BCUT2D eigenvalue weighted by Gasteiger charge is -2.24. The van der Waals surface area contributed by atoms with Crippen molar-refractivity contribution in [2.45, 2.75) is 38.0 Å². The van der Waals surface area contributed by atoms with Crippen molar-refractivity contribution in [3.63, 3.8) is 0 Å². The van der Waals surface area contributed by atoms with Crippen LogP contribution >= 0.6 is 11.3 Å². The Kier molecular flexibility index (Phi) is 7.23. The number of thiophene rings is 1. The summed E-state index contributed by atoms with van der Waals surface area (Å²) in [7, 11) is -4.14. The van der Waals surface area contributed by atoms with Crippen molar-refractivity contribution in [2.75, 3.05) is 22.8 Å². The molecular weight excluding hydrogens is 491 g/mol. The second-order valence-corrected chi connectivity index (χ2v) is 11.1. The average molecular weight is 517 g/mol. The van der Waals surface area contributed by atoms with Crippen LogP contribution in [0.3, 0.4) is 0 Å². The van der Waals surface area contributed by atoms with E-state index in [4.69, 9.17) is 4.74 Å². The standard InChI is InChI=1S/C25H25FN2O5S2/c1-3-33-25(30)23-20-5-4-6-21(20)34-24(23)27-22(29)15-28(18-11-9-17(26)10-12-18)35(31,32)19-13-7-16(2)8-14-19/h7-14H,3-6,15H2,1-2H3,(H,27,29). The largest absolute Gasteiger partial charge is 0.462 e. The number of benzene rings is 2. The van der Waals surface area contributed by atoms with Gasteiger partial charge in [0.05, 0.1) is 22.8 Å². The Morgan fingerprint density at radius 1 is 1.09 bits per heavy atom. The van der Waals surface area contributed by atoms with Crippen LogP contribution in [0.1, 0.15) is 39.7 Å². The van der Waals surface area contributed by atoms with Gasteiger partial charge in [0, 0.05) is 4.88 Å². The first kappa shape index (κ1) is 24.9. The van der Waals surface area contributed by atoms with Gasteiger partial charge in [0.2, 0.25) is 5.91 Å². The van der Waals surface area contributed by atoms with E-state index in [1.807, 2.05) is 6.92 Å². The van der Waals surface area contributed by atoms with Crippen molar-refractivity contribution in [1.82, 2.24) is 0 Å². The van der Waals surface area contributed by atoms with Crippen LogP contribution in [0.2, 0.25) is 0 Å². The summed E-state index contributed by atoms with van der Waals surface area (Å²) in [5.41, 5.74) is 2.24. The second kappa shape index (κ2) is 10.2. The van der Waals surface area contributed by atoms with Gasteiger partial charge in [-0.1, -0.05) is 17.7 Å². The number of aryl methyl sites for hydroxylation is 2. The quantitative estimate of drug-likeness (QED) is 0.439. The summed E-state index contributed by atoms with van der Waals surface area (Å²) in [4.78, 5) is 26.7. The summed E-state index contributed by atoms with van der Waals surface area (Å²) >= 11 is 1.31. The maximum atomic E-state index is 13.5. The first-order valence-corrected chi connectivity index (χ1v) is 13.4. The molecule has 0 bridgehead atoms. The van der Waals surface area contributed by atoms with Gasteiger partial charge < -0.3 is 10.1 Å². The number of hydrogen-bond donors (Lipinski definition) is 1. The predicted molar refractivity (Wildman–Crippen MR) is 133 cm³/mol. The second-order valence-electron chi connectivity index (χ2n) is 8.13. The van der Waals surface area contributed by atoms with Gasteiger partial charge in [-0.25, -0.2) is 17.6 Å². The number of ether oxygens (including phenoxy) is 1. The molecule has 1 aliphatic carbocycles. The zero-order valence-corrected chi connectivity index (χ0v) is 21.0. The van der Waals surface area contributed by atoms with Gasteiger partial charge in [-0.15, -0.1) is 11.3 Å². The number of fused-ring (bicyclic) bond motifs is 1. The number of anilines is 2. The fourth-order valence-corrected chi connectivity index (χ4v) is 6.68. The fourth-order valence-electron chi connectivity index (χ4n) is 3.97. The van der Waals surface area contributed by atoms with E-state index in [0.29, 0.717) is 10.6 Å². The Morgan fingerprint density at radius 2 is 1.77 bits per heavy atom. The van der Waals surface area contributed by atoms with Gasteiger partial charge >= 0.3 is 5.97 Å². The smallest absolute Gasteiger partial charge is 0.341 e. The zero-order chi connectivity index (χ0) is 25.2. The minimum Gasteiger partial charge on any atom is -0.462 e. The zero-order valence-electron chi connectivity index (χ0n) is 19.3. The monoisotopic (exact) mass is 516 g/mol. The highest BCUT2D eigenvalue weighted by Gasteiger charge is 2.31. The van der Waals surface area contributed by atoms with Crippen molar-refractivity contribution < 1.29 is 27.1 Å². The normalized spacial score (nSPS) is 12.8. The predicted octanol–water partition coefficient (Wildman–Crippen LogP) is 4.70. The number of esters is 1. The van der Waals surface area contributed by atoms with Crippen LogP contribution in [0.15, 0.2) is 53.4 Å². The maximum absolute atomic E-state index is 13.5. The molecule has 0 spiro atoms. The van der Waals surface area contributed by atoms with Gasteiger partial charge in [0.25, 0.3) is 10.0 Å². The summed E-state index contributed by atoms with van der Waals surface area (Å²) in [6.45, 7) is 3.18. The molecule has 1 N–H and O–H groups in total. The number of carbonyl (C=O) groups excluding carboxylic acids is 2. The molecule has 0 unspecified atom stereocenters. The highest BCUT2D eigenvalue weighted by molar-refractivity contribution is 7.92. The number of halogens is 1. The third kappa shape index (κ3) is 5.23. The molecule has 184 valence electrons. The van der Waals surface area contributed by atoms with Gasteiger partial charge in [-0.3, -0.25) is 9.10 Å². The Hall–Kier alpha value is -3.24. The molecule has 0 saturated carbocycles. The number of nitrogens with one attached hydrogen (secondary N) is 1. The number of rotatable bonds is 8. The van der Waals surface area contributed by atoms with E-state index in [1.54, 1.807) is 19.1 Å². The lowest BCUT2D eigenvalue weighted by Crippen LogP contribution is -2.38. The summed E-state index contributed by atoms with van der Waals surface area (Å²) in [6, 6.07) is 11.1. The van der Waals surface area contributed by atoms with Crippen LogP contribution in [-0.4, -0.2) is 33.4 Å². The highest BCUT2D eigenvalue weighted by atomic mass is 32.2. The van der Waals surface area contributed by atoms with E-state index >= 15 is 0 Å². The number of amides is 1. The third-order valence-corrected chi connectivity index (χ3v) is 8.66. The Morgan fingerprint density at radius 3 is 2.43 bits per heavy atom. The van der Waals surface area contributed by atoms with E-state index in [2.05, 4.69) is 5.32 Å². The van der Waals surface area contributed by atoms with Crippen LogP contribution < -0.4 is 9.62 Å². The lowest BCUT2D eigenvalue weighted by molar-refractivity contribution is -0.114. The molecule has 1 aromatic heterocycles. The van der Waals surface area contributed by atoms with Gasteiger partial charge in [0.1, 0.15) is 17.4 Å². The Balaban J connectivity index is 1.66. The average Bonchev–Trinajstić information content (AvgIpc) is 3.39. The van der Waals surface area contributed by atoms with Crippen molar-refractivity contribution in [3.8, 4) is 0 Å². The van der Waals surface area contributed by atoms with Crippen molar-refractivity contribution in [1.29, 1.82) is 0 Å². The molecule has 7 nitrogen and oxygen atoms in total. The molecule has 0 radical (unpaired) electrons. The summed E-state index contributed by atoms with van der Waals surface area (Å²) in [5.74, 6) is -1.67. The van der Waals surface area contributed by atoms with Crippen molar-refractivity contribution in [3.05, 3.63) is 75.9 Å². The molecule has 0 atom stereocenters. The van der Waals surface area contributed by atoms with Crippen LogP contribution in [0.5, 0.6) is 0 Å². The van der Waals surface area contributed by atoms with Crippen molar-refractivity contribution >= 4 is 43.9 Å². The molecule has 2 aromatic carbocycles.